The molecule has 0 radical (unpaired) electrons. The molecule has 0 aliphatic rings. The topological polar surface area (TPSA) is 42.2 Å². The Balaban J connectivity index is 1.91. The molecule has 4 nitrogen and oxygen atoms in total. The molecule has 16 heavy (non-hydrogen) atoms. The molecule has 0 aliphatic carbocycles. The highest BCUT2D eigenvalue weighted by molar-refractivity contribution is 5.66. The lowest BCUT2D eigenvalue weighted by Gasteiger charge is -2.06. The van der Waals surface area contributed by atoms with E-state index in [9.17, 15) is 0 Å². The molecule has 0 unspecified atom stereocenters. The Kier molecular flexibility index (Phi) is 3.75. The molecule has 0 bridgehead atoms. The first-order chi connectivity index (χ1) is 7.92. The maximum Gasteiger partial charge on any atom is 0.152 e. The van der Waals surface area contributed by atoms with Gasteiger partial charge in [-0.05, 0) is 12.5 Å². The number of nitrogens with one attached hydrogen (secondary N) is 1. The molecule has 0 saturated carbocycles. The first-order valence-electron chi connectivity index (χ1n) is 5.94. The highest BCUT2D eigenvalue weighted by Crippen LogP contribution is 2.12. The lowest BCUT2D eigenvalue weighted by molar-refractivity contribution is 0.684. The van der Waals surface area contributed by atoms with Crippen molar-refractivity contribution < 1.29 is 0 Å². The predicted octanol–water partition coefficient (Wildman–Crippen LogP) is 2.72. The molecule has 4 heteroatoms. The van der Waals surface area contributed by atoms with E-state index in [1.807, 2.05) is 16.8 Å². The van der Waals surface area contributed by atoms with Gasteiger partial charge in [-0.1, -0.05) is 26.2 Å². The van der Waals surface area contributed by atoms with E-state index in [0.29, 0.717) is 0 Å². The van der Waals surface area contributed by atoms with Crippen LogP contribution in [0.4, 0.5) is 5.82 Å². The standard InChI is InChI=1S/C12H18N4/c1-2-3-4-5-7-13-12-11-6-8-15-16(11)10-9-14-12/h6,8-10H,2-5,7H2,1H3,(H,13,14). The second-order valence-electron chi connectivity index (χ2n) is 3.92. The fourth-order valence-electron chi connectivity index (χ4n) is 1.75. The third-order valence-electron chi connectivity index (χ3n) is 2.65. The summed E-state index contributed by atoms with van der Waals surface area (Å²) in [5.41, 5.74) is 1.04. The molecule has 0 atom stereocenters. The zero-order chi connectivity index (χ0) is 11.2. The summed E-state index contributed by atoms with van der Waals surface area (Å²) in [4.78, 5) is 4.32. The van der Waals surface area contributed by atoms with Gasteiger partial charge in [-0.15, -0.1) is 0 Å². The molecule has 0 aliphatic heterocycles. The van der Waals surface area contributed by atoms with Gasteiger partial charge in [0.2, 0.25) is 0 Å². The van der Waals surface area contributed by atoms with Crippen molar-refractivity contribution in [2.75, 3.05) is 11.9 Å². The number of hydrogen-bond acceptors (Lipinski definition) is 3. The minimum absolute atomic E-state index is 0.927. The number of aromatic nitrogens is 3. The summed E-state index contributed by atoms with van der Waals surface area (Å²) in [6, 6.07) is 1.97. The van der Waals surface area contributed by atoms with Crippen LogP contribution in [0.2, 0.25) is 0 Å². The molecule has 0 amide bonds. The molecule has 2 heterocycles. The predicted molar refractivity (Wildman–Crippen MR) is 65.6 cm³/mol. The van der Waals surface area contributed by atoms with Crippen LogP contribution in [0.15, 0.2) is 24.7 Å². The Bertz CT molecular complexity index is 435. The van der Waals surface area contributed by atoms with Crippen LogP contribution < -0.4 is 5.32 Å². The maximum atomic E-state index is 4.32. The molecular formula is C12H18N4. The quantitative estimate of drug-likeness (QED) is 0.758. The minimum Gasteiger partial charge on any atom is -0.368 e. The Hall–Kier alpha value is -1.58. The Labute approximate surface area is 95.7 Å². The molecule has 1 N–H and O–H groups in total. The average molecular weight is 218 g/mol. The van der Waals surface area contributed by atoms with Crippen LogP contribution in [-0.4, -0.2) is 21.1 Å². The van der Waals surface area contributed by atoms with Crippen molar-refractivity contribution in [3.05, 3.63) is 24.7 Å². The van der Waals surface area contributed by atoms with Crippen LogP contribution >= 0.6 is 0 Å². The van der Waals surface area contributed by atoms with Gasteiger partial charge in [-0.3, -0.25) is 0 Å². The number of fused-ring (bicyclic) bond motifs is 1. The van der Waals surface area contributed by atoms with E-state index in [0.717, 1.165) is 17.9 Å². The largest absolute Gasteiger partial charge is 0.368 e. The Morgan fingerprint density at radius 2 is 2.19 bits per heavy atom. The minimum atomic E-state index is 0.927. The maximum absolute atomic E-state index is 4.32. The van der Waals surface area contributed by atoms with Crippen molar-refractivity contribution in [2.45, 2.75) is 32.6 Å². The lowest BCUT2D eigenvalue weighted by atomic mass is 10.2. The summed E-state index contributed by atoms with van der Waals surface area (Å²) in [6.45, 7) is 3.21. The lowest BCUT2D eigenvalue weighted by Crippen LogP contribution is -2.05. The summed E-state index contributed by atoms with van der Waals surface area (Å²) in [7, 11) is 0. The van der Waals surface area contributed by atoms with Gasteiger partial charge in [0, 0.05) is 18.9 Å². The van der Waals surface area contributed by atoms with E-state index in [2.05, 4.69) is 22.3 Å². The van der Waals surface area contributed by atoms with Crippen LogP contribution in [0, 0.1) is 0 Å². The molecule has 2 aromatic heterocycles. The van der Waals surface area contributed by atoms with Crippen LogP contribution in [0.5, 0.6) is 0 Å². The summed E-state index contributed by atoms with van der Waals surface area (Å²) >= 11 is 0. The number of unbranched alkanes of at least 4 members (excludes halogenated alkanes) is 3. The van der Waals surface area contributed by atoms with Gasteiger partial charge in [-0.25, -0.2) is 9.50 Å². The first-order valence-corrected chi connectivity index (χ1v) is 5.94. The van der Waals surface area contributed by atoms with Gasteiger partial charge in [-0.2, -0.15) is 5.10 Å². The number of anilines is 1. The third-order valence-corrected chi connectivity index (χ3v) is 2.65. The van der Waals surface area contributed by atoms with Gasteiger partial charge >= 0.3 is 0 Å². The van der Waals surface area contributed by atoms with Crippen molar-refractivity contribution in [1.29, 1.82) is 0 Å². The highest BCUT2D eigenvalue weighted by Gasteiger charge is 2.01. The number of nitrogens with zero attached hydrogens (tertiary/aromatic N) is 3. The summed E-state index contributed by atoms with van der Waals surface area (Å²) in [5, 5.41) is 7.53. The second kappa shape index (κ2) is 5.49. The summed E-state index contributed by atoms with van der Waals surface area (Å²) in [6.07, 6.45) is 10.5. The second-order valence-corrected chi connectivity index (χ2v) is 3.92. The molecule has 2 rings (SSSR count). The molecule has 86 valence electrons. The van der Waals surface area contributed by atoms with Crippen molar-refractivity contribution >= 4 is 11.3 Å². The van der Waals surface area contributed by atoms with E-state index in [1.165, 1.54) is 25.7 Å². The first kappa shape index (κ1) is 10.9. The third kappa shape index (κ3) is 2.51. The van der Waals surface area contributed by atoms with Crippen molar-refractivity contribution in [3.8, 4) is 0 Å². The number of hydrogen-bond donors (Lipinski definition) is 1. The van der Waals surface area contributed by atoms with E-state index < -0.39 is 0 Å². The van der Waals surface area contributed by atoms with Crippen LogP contribution in [0.25, 0.3) is 5.52 Å². The Morgan fingerprint density at radius 3 is 3.06 bits per heavy atom. The van der Waals surface area contributed by atoms with Crippen LogP contribution in [0.3, 0.4) is 0 Å². The zero-order valence-electron chi connectivity index (χ0n) is 9.69. The molecule has 0 aromatic carbocycles. The van der Waals surface area contributed by atoms with Crippen LogP contribution in [-0.2, 0) is 0 Å². The Morgan fingerprint density at radius 1 is 1.25 bits per heavy atom. The van der Waals surface area contributed by atoms with Crippen molar-refractivity contribution in [3.63, 3.8) is 0 Å². The monoisotopic (exact) mass is 218 g/mol. The fourth-order valence-corrected chi connectivity index (χ4v) is 1.75. The van der Waals surface area contributed by atoms with Gasteiger partial charge in [0.15, 0.2) is 5.82 Å². The molecule has 2 aromatic rings. The molecule has 0 fully saturated rings. The van der Waals surface area contributed by atoms with E-state index in [-0.39, 0.29) is 0 Å². The molecule has 0 spiro atoms. The molecular weight excluding hydrogens is 200 g/mol. The van der Waals surface area contributed by atoms with E-state index in [1.54, 1.807) is 12.4 Å². The van der Waals surface area contributed by atoms with Crippen molar-refractivity contribution in [2.24, 2.45) is 0 Å². The van der Waals surface area contributed by atoms with E-state index in [4.69, 9.17) is 0 Å². The van der Waals surface area contributed by atoms with Gasteiger partial charge < -0.3 is 5.32 Å². The number of rotatable bonds is 6. The van der Waals surface area contributed by atoms with Gasteiger partial charge in [0.1, 0.15) is 5.52 Å². The SMILES string of the molecule is CCCCCCNc1nccn2nccc12. The smallest absolute Gasteiger partial charge is 0.152 e. The highest BCUT2D eigenvalue weighted by atomic mass is 15.2. The fraction of sp³-hybridized carbons (Fsp3) is 0.500. The van der Waals surface area contributed by atoms with Crippen molar-refractivity contribution in [1.82, 2.24) is 14.6 Å². The normalized spacial score (nSPS) is 10.8. The van der Waals surface area contributed by atoms with Crippen LogP contribution in [0.1, 0.15) is 32.6 Å². The zero-order valence-corrected chi connectivity index (χ0v) is 9.69. The van der Waals surface area contributed by atoms with Gasteiger partial charge in [0.05, 0.1) is 6.20 Å². The summed E-state index contributed by atoms with van der Waals surface area (Å²) < 4.78 is 1.83. The van der Waals surface area contributed by atoms with Gasteiger partial charge in [0.25, 0.3) is 0 Å². The average Bonchev–Trinajstić information content (AvgIpc) is 2.77. The van der Waals surface area contributed by atoms with E-state index >= 15 is 0 Å². The summed E-state index contributed by atoms with van der Waals surface area (Å²) in [5.74, 6) is 0.927. The molecule has 0 saturated heterocycles.